The van der Waals surface area contributed by atoms with Crippen LogP contribution in [-0.2, 0) is 20.9 Å². The average molecular weight is 416 g/mol. The Morgan fingerprint density at radius 3 is 2.34 bits per heavy atom. The summed E-state index contributed by atoms with van der Waals surface area (Å²) in [5, 5.41) is 2.93. The van der Waals surface area contributed by atoms with Crippen LogP contribution in [0.15, 0.2) is 29.6 Å². The molecule has 0 bridgehead atoms. The van der Waals surface area contributed by atoms with Crippen molar-refractivity contribution in [3.63, 3.8) is 0 Å². The molecule has 152 valence electrons. The smallest absolute Gasteiger partial charge is 0.242 e. The van der Waals surface area contributed by atoms with Gasteiger partial charge in [-0.25, -0.2) is 9.37 Å². The number of aromatic nitrogens is 1. The first-order chi connectivity index (χ1) is 14.0. The summed E-state index contributed by atoms with van der Waals surface area (Å²) in [7, 11) is 0. The molecule has 1 aromatic carbocycles. The third-order valence-electron chi connectivity index (χ3n) is 5.22. The third kappa shape index (κ3) is 4.51. The summed E-state index contributed by atoms with van der Waals surface area (Å²) >= 11 is 1.56. The Labute approximate surface area is 171 Å². The molecule has 2 aliphatic rings. The first kappa shape index (κ1) is 19.7. The molecule has 0 aliphatic carbocycles. The summed E-state index contributed by atoms with van der Waals surface area (Å²) in [4.78, 5) is 45.4. The van der Waals surface area contributed by atoms with Crippen LogP contribution in [0.5, 0.6) is 0 Å². The second-order valence-corrected chi connectivity index (χ2v) is 8.11. The highest BCUT2D eigenvalue weighted by Gasteiger charge is 2.32. The third-order valence-corrected chi connectivity index (χ3v) is 6.06. The summed E-state index contributed by atoms with van der Waals surface area (Å²) < 4.78 is 13.1. The Morgan fingerprint density at radius 1 is 1.03 bits per heavy atom. The first-order valence-electron chi connectivity index (χ1n) is 9.53. The van der Waals surface area contributed by atoms with Crippen molar-refractivity contribution in [1.29, 1.82) is 0 Å². The molecule has 9 heteroatoms. The number of carbonyl (C=O) groups excluding carboxylic acids is 3. The number of benzene rings is 1. The molecule has 4 rings (SSSR count). The second-order valence-electron chi connectivity index (χ2n) is 7.16. The molecule has 3 heterocycles. The molecule has 2 aliphatic heterocycles. The van der Waals surface area contributed by atoms with Crippen molar-refractivity contribution in [2.45, 2.75) is 19.4 Å². The standard InChI is InChI=1S/C20H21FN4O3S/c21-15-3-1-14(2-4-15)16-13-29-17(22-16)11-23-7-9-24(10-8-23)20(28)12-25-18(26)5-6-19(25)27/h1-4,13H,5-12H2. The maximum absolute atomic E-state index is 13.1. The molecule has 3 amide bonds. The Hall–Kier alpha value is -2.65. The highest BCUT2D eigenvalue weighted by Crippen LogP contribution is 2.23. The largest absolute Gasteiger partial charge is 0.339 e. The number of amides is 3. The van der Waals surface area contributed by atoms with Gasteiger partial charge in [-0.2, -0.15) is 0 Å². The van der Waals surface area contributed by atoms with Gasteiger partial charge < -0.3 is 4.90 Å². The van der Waals surface area contributed by atoms with Gasteiger partial charge in [-0.1, -0.05) is 0 Å². The van der Waals surface area contributed by atoms with Crippen molar-refractivity contribution in [2.24, 2.45) is 0 Å². The van der Waals surface area contributed by atoms with E-state index in [2.05, 4.69) is 9.88 Å². The van der Waals surface area contributed by atoms with E-state index >= 15 is 0 Å². The first-order valence-corrected chi connectivity index (χ1v) is 10.4. The van der Waals surface area contributed by atoms with Crippen LogP contribution < -0.4 is 0 Å². The summed E-state index contributed by atoms with van der Waals surface area (Å²) in [5.41, 5.74) is 1.72. The van der Waals surface area contributed by atoms with E-state index in [0.29, 0.717) is 32.7 Å². The minimum absolute atomic E-state index is 0.148. The molecule has 0 saturated carbocycles. The molecule has 2 fully saturated rings. The predicted molar refractivity (Wildman–Crippen MR) is 105 cm³/mol. The molecule has 2 aromatic rings. The molecule has 7 nitrogen and oxygen atoms in total. The van der Waals surface area contributed by atoms with Gasteiger partial charge in [0.15, 0.2) is 0 Å². The van der Waals surface area contributed by atoms with Gasteiger partial charge >= 0.3 is 0 Å². The zero-order chi connectivity index (χ0) is 20.4. The minimum Gasteiger partial charge on any atom is -0.339 e. The molecule has 0 radical (unpaired) electrons. The summed E-state index contributed by atoms with van der Waals surface area (Å²) in [6.07, 6.45) is 0.404. The molecule has 29 heavy (non-hydrogen) atoms. The number of imide groups is 1. The van der Waals surface area contributed by atoms with Crippen LogP contribution >= 0.6 is 11.3 Å². The number of likely N-dealkylation sites (tertiary alicyclic amines) is 1. The minimum atomic E-state index is -0.268. The van der Waals surface area contributed by atoms with Gasteiger partial charge in [0.25, 0.3) is 0 Å². The van der Waals surface area contributed by atoms with Crippen molar-refractivity contribution in [3.05, 3.63) is 40.5 Å². The number of piperazine rings is 1. The summed E-state index contributed by atoms with van der Waals surface area (Å²) in [5.74, 6) is -0.971. The molecular formula is C20H21FN4O3S. The average Bonchev–Trinajstić information content (AvgIpc) is 3.31. The zero-order valence-corrected chi connectivity index (χ0v) is 16.7. The van der Waals surface area contributed by atoms with Gasteiger partial charge in [0.2, 0.25) is 17.7 Å². The van der Waals surface area contributed by atoms with Crippen molar-refractivity contribution < 1.29 is 18.8 Å². The predicted octanol–water partition coefficient (Wildman–Crippen LogP) is 1.74. The maximum Gasteiger partial charge on any atom is 0.242 e. The lowest BCUT2D eigenvalue weighted by Crippen LogP contribution is -2.51. The Morgan fingerprint density at radius 2 is 1.69 bits per heavy atom. The topological polar surface area (TPSA) is 73.8 Å². The number of carbonyl (C=O) groups is 3. The highest BCUT2D eigenvalue weighted by atomic mass is 32.1. The molecule has 1 aromatic heterocycles. The van der Waals surface area contributed by atoms with Gasteiger partial charge in [0.1, 0.15) is 17.4 Å². The fourth-order valence-electron chi connectivity index (χ4n) is 3.52. The van der Waals surface area contributed by atoms with E-state index in [1.54, 1.807) is 28.4 Å². The number of hydrogen-bond acceptors (Lipinski definition) is 6. The van der Waals surface area contributed by atoms with Gasteiger partial charge in [0.05, 0.1) is 12.2 Å². The van der Waals surface area contributed by atoms with Crippen molar-refractivity contribution in [1.82, 2.24) is 19.7 Å². The van der Waals surface area contributed by atoms with Crippen LogP contribution in [-0.4, -0.2) is 70.1 Å². The molecule has 0 spiro atoms. The zero-order valence-electron chi connectivity index (χ0n) is 15.8. The van der Waals surface area contributed by atoms with Crippen molar-refractivity contribution >= 4 is 29.1 Å². The maximum atomic E-state index is 13.1. The molecule has 0 unspecified atom stereocenters. The number of nitrogens with zero attached hydrogens (tertiary/aromatic N) is 4. The Balaban J connectivity index is 1.28. The lowest BCUT2D eigenvalue weighted by atomic mass is 10.2. The van der Waals surface area contributed by atoms with Gasteiger partial charge in [-0.05, 0) is 24.3 Å². The van der Waals surface area contributed by atoms with Gasteiger partial charge in [-0.3, -0.25) is 24.2 Å². The van der Waals surface area contributed by atoms with Crippen LogP contribution in [0.1, 0.15) is 17.8 Å². The Kier molecular flexibility index (Phi) is 5.68. The van der Waals surface area contributed by atoms with E-state index in [0.717, 1.165) is 21.2 Å². The second kappa shape index (κ2) is 8.38. The van der Waals surface area contributed by atoms with E-state index in [1.165, 1.54) is 12.1 Å². The van der Waals surface area contributed by atoms with E-state index in [9.17, 15) is 18.8 Å². The van der Waals surface area contributed by atoms with Crippen molar-refractivity contribution in [2.75, 3.05) is 32.7 Å². The number of hydrogen-bond donors (Lipinski definition) is 0. The molecular weight excluding hydrogens is 395 g/mol. The van der Waals surface area contributed by atoms with Crippen LogP contribution in [0.4, 0.5) is 4.39 Å². The highest BCUT2D eigenvalue weighted by molar-refractivity contribution is 7.09. The van der Waals surface area contributed by atoms with Crippen LogP contribution in [0.25, 0.3) is 11.3 Å². The monoisotopic (exact) mass is 416 g/mol. The van der Waals surface area contributed by atoms with E-state index in [-0.39, 0.29) is 42.9 Å². The number of halogens is 1. The molecule has 0 N–H and O–H groups in total. The van der Waals surface area contributed by atoms with Crippen LogP contribution in [0.2, 0.25) is 0 Å². The Bertz CT molecular complexity index is 906. The molecule has 0 atom stereocenters. The fourth-order valence-corrected chi connectivity index (χ4v) is 4.36. The SMILES string of the molecule is O=C(CN1C(=O)CCC1=O)N1CCN(Cc2nc(-c3ccc(F)cc3)cs2)CC1. The van der Waals surface area contributed by atoms with Crippen LogP contribution in [0.3, 0.4) is 0 Å². The van der Waals surface area contributed by atoms with E-state index in [4.69, 9.17) is 0 Å². The normalized spacial score (nSPS) is 18.0. The van der Waals surface area contributed by atoms with E-state index in [1.807, 2.05) is 5.38 Å². The molecule has 2 saturated heterocycles. The number of thiazole rings is 1. The van der Waals surface area contributed by atoms with Gasteiger partial charge in [0, 0.05) is 50.0 Å². The summed E-state index contributed by atoms with van der Waals surface area (Å²) in [6, 6.07) is 6.28. The summed E-state index contributed by atoms with van der Waals surface area (Å²) in [6.45, 7) is 3.08. The van der Waals surface area contributed by atoms with Crippen LogP contribution in [0, 0.1) is 5.82 Å². The lowest BCUT2D eigenvalue weighted by Gasteiger charge is -2.34. The van der Waals surface area contributed by atoms with Gasteiger partial charge in [-0.15, -0.1) is 11.3 Å². The quantitative estimate of drug-likeness (QED) is 0.695. The van der Waals surface area contributed by atoms with Crippen molar-refractivity contribution in [3.8, 4) is 11.3 Å². The fraction of sp³-hybridized carbons (Fsp3) is 0.400. The van der Waals surface area contributed by atoms with E-state index < -0.39 is 0 Å². The lowest BCUT2D eigenvalue weighted by molar-refractivity contribution is -0.146. The number of rotatable bonds is 5.